The molecule has 3 aromatic rings. The molecule has 0 N–H and O–H groups in total. The first-order chi connectivity index (χ1) is 9.74. The fraction of sp³-hybridized carbons (Fsp3) is 0. The van der Waals surface area contributed by atoms with E-state index in [1.807, 2.05) is 22.0 Å². The van der Waals surface area contributed by atoms with Gasteiger partial charge < -0.3 is 4.74 Å². The van der Waals surface area contributed by atoms with Gasteiger partial charge in [-0.2, -0.15) is 0 Å². The summed E-state index contributed by atoms with van der Waals surface area (Å²) >= 11 is 7.50. The molecule has 1 aromatic carbocycles. The fourth-order valence-corrected chi connectivity index (χ4v) is 2.72. The van der Waals surface area contributed by atoms with E-state index in [0.29, 0.717) is 16.6 Å². The van der Waals surface area contributed by atoms with E-state index in [4.69, 9.17) is 16.3 Å². The van der Waals surface area contributed by atoms with Crippen molar-refractivity contribution in [1.82, 2.24) is 9.38 Å². The molecule has 20 heavy (non-hydrogen) atoms. The van der Waals surface area contributed by atoms with Crippen molar-refractivity contribution in [3.63, 3.8) is 0 Å². The molecule has 2 heterocycles. The van der Waals surface area contributed by atoms with Gasteiger partial charge in [-0.1, -0.05) is 29.8 Å². The van der Waals surface area contributed by atoms with Crippen molar-refractivity contribution in [2.24, 2.45) is 0 Å². The number of hydrogen-bond acceptors (Lipinski definition) is 4. The minimum absolute atomic E-state index is 0.362. The second-order valence-corrected chi connectivity index (χ2v) is 5.14. The number of carbonyl (C=O) groups is 1. The molecule has 0 spiro atoms. The number of benzene rings is 1. The maximum atomic E-state index is 11.7. The number of imidazole rings is 1. The zero-order valence-electron chi connectivity index (χ0n) is 10.2. The van der Waals surface area contributed by atoms with Crippen molar-refractivity contribution in [3.05, 3.63) is 58.8 Å². The monoisotopic (exact) mass is 304 g/mol. The average molecular weight is 305 g/mol. The van der Waals surface area contributed by atoms with Crippen molar-refractivity contribution in [3.8, 4) is 5.75 Å². The Labute approximate surface area is 123 Å². The summed E-state index contributed by atoms with van der Waals surface area (Å²) in [7, 11) is 0. The third kappa shape index (κ3) is 2.59. The quantitative estimate of drug-likeness (QED) is 0.421. The summed E-state index contributed by atoms with van der Waals surface area (Å²) < 4.78 is 6.97. The van der Waals surface area contributed by atoms with Gasteiger partial charge in [-0.05, 0) is 18.2 Å². The number of hydrogen-bond donors (Lipinski definition) is 0. The number of fused-ring (bicyclic) bond motifs is 1. The highest BCUT2D eigenvalue weighted by molar-refractivity contribution is 7.15. The zero-order chi connectivity index (χ0) is 13.9. The Bertz CT molecular complexity index is 777. The van der Waals surface area contributed by atoms with Gasteiger partial charge in [0.25, 0.3) is 0 Å². The summed E-state index contributed by atoms with van der Waals surface area (Å²) in [4.78, 5) is 16.7. The van der Waals surface area contributed by atoms with Crippen LogP contribution in [0.4, 0.5) is 0 Å². The van der Waals surface area contributed by atoms with Crippen LogP contribution in [-0.2, 0) is 4.79 Å². The molecule has 0 radical (unpaired) electrons. The lowest BCUT2D eigenvalue weighted by atomic mass is 10.3. The van der Waals surface area contributed by atoms with Crippen LogP contribution in [0.2, 0.25) is 5.15 Å². The third-order valence-electron chi connectivity index (χ3n) is 2.59. The van der Waals surface area contributed by atoms with Crippen LogP contribution >= 0.6 is 22.9 Å². The number of aromatic nitrogens is 2. The van der Waals surface area contributed by atoms with Crippen LogP contribution in [0.5, 0.6) is 5.75 Å². The first-order valence-corrected chi connectivity index (χ1v) is 7.06. The van der Waals surface area contributed by atoms with E-state index in [9.17, 15) is 4.79 Å². The van der Waals surface area contributed by atoms with Crippen molar-refractivity contribution < 1.29 is 9.53 Å². The highest BCUT2D eigenvalue weighted by Crippen LogP contribution is 2.22. The molecule has 0 atom stereocenters. The molecule has 0 saturated carbocycles. The van der Waals surface area contributed by atoms with Gasteiger partial charge >= 0.3 is 5.97 Å². The number of halogens is 1. The van der Waals surface area contributed by atoms with Crippen LogP contribution in [-0.4, -0.2) is 15.4 Å². The maximum Gasteiger partial charge on any atom is 0.336 e. The molecule has 0 aliphatic heterocycles. The molecule has 2 aromatic heterocycles. The molecule has 0 saturated heterocycles. The van der Waals surface area contributed by atoms with Crippen LogP contribution in [0.25, 0.3) is 11.0 Å². The highest BCUT2D eigenvalue weighted by Gasteiger charge is 2.09. The van der Waals surface area contributed by atoms with Gasteiger partial charge in [0.1, 0.15) is 5.75 Å². The topological polar surface area (TPSA) is 43.6 Å². The van der Waals surface area contributed by atoms with Crippen molar-refractivity contribution >= 4 is 39.9 Å². The molecule has 0 fully saturated rings. The molecule has 0 amide bonds. The van der Waals surface area contributed by atoms with Crippen LogP contribution < -0.4 is 4.74 Å². The van der Waals surface area contributed by atoms with Gasteiger partial charge in [0.2, 0.25) is 0 Å². The minimum Gasteiger partial charge on any atom is -0.423 e. The number of carbonyl (C=O) groups excluding carboxylic acids is 1. The van der Waals surface area contributed by atoms with Crippen molar-refractivity contribution in [2.45, 2.75) is 0 Å². The fourth-order valence-electron chi connectivity index (χ4n) is 1.71. The van der Waals surface area contributed by atoms with Gasteiger partial charge in [0.15, 0.2) is 10.1 Å². The molecule has 0 aliphatic rings. The molecule has 0 bridgehead atoms. The van der Waals surface area contributed by atoms with Gasteiger partial charge in [0, 0.05) is 17.7 Å². The van der Waals surface area contributed by atoms with Crippen LogP contribution in [0.15, 0.2) is 48.0 Å². The maximum absolute atomic E-state index is 11.7. The summed E-state index contributed by atoms with van der Waals surface area (Å²) in [5, 5.41) is 2.26. The van der Waals surface area contributed by atoms with E-state index >= 15 is 0 Å². The van der Waals surface area contributed by atoms with Gasteiger partial charge in [-0.25, -0.2) is 9.78 Å². The molecule has 3 rings (SSSR count). The molecule has 100 valence electrons. The lowest BCUT2D eigenvalue weighted by Crippen LogP contribution is -2.03. The van der Waals surface area contributed by atoms with E-state index in [-0.39, 0.29) is 0 Å². The number of rotatable bonds is 3. The van der Waals surface area contributed by atoms with Crippen LogP contribution in [0.1, 0.15) is 5.69 Å². The average Bonchev–Trinajstić information content (AvgIpc) is 2.98. The van der Waals surface area contributed by atoms with E-state index in [2.05, 4.69) is 4.98 Å². The highest BCUT2D eigenvalue weighted by atomic mass is 35.5. The SMILES string of the molecule is O=C(/C=C/c1c(Cl)nc2sccn12)Oc1ccccc1. The normalized spacial score (nSPS) is 11.2. The van der Waals surface area contributed by atoms with E-state index < -0.39 is 5.97 Å². The van der Waals surface area contributed by atoms with Crippen LogP contribution in [0, 0.1) is 0 Å². The van der Waals surface area contributed by atoms with Gasteiger partial charge in [0.05, 0.1) is 5.69 Å². The Morgan fingerprint density at radius 2 is 2.15 bits per heavy atom. The Kier molecular flexibility index (Phi) is 3.54. The van der Waals surface area contributed by atoms with Crippen molar-refractivity contribution in [2.75, 3.05) is 0 Å². The summed E-state index contributed by atoms with van der Waals surface area (Å²) in [6.07, 6.45) is 4.78. The van der Waals surface area contributed by atoms with Crippen LogP contribution in [0.3, 0.4) is 0 Å². The zero-order valence-corrected chi connectivity index (χ0v) is 11.8. The molecular weight excluding hydrogens is 296 g/mol. The Morgan fingerprint density at radius 1 is 1.35 bits per heavy atom. The predicted octanol–water partition coefficient (Wildman–Crippen LogP) is 3.67. The Balaban J connectivity index is 1.78. The first-order valence-electron chi connectivity index (χ1n) is 5.80. The van der Waals surface area contributed by atoms with Gasteiger partial charge in [-0.3, -0.25) is 4.40 Å². The van der Waals surface area contributed by atoms with E-state index in [1.165, 1.54) is 17.4 Å². The number of thiazole rings is 1. The largest absolute Gasteiger partial charge is 0.423 e. The lowest BCUT2D eigenvalue weighted by Gasteiger charge is -1.99. The third-order valence-corrected chi connectivity index (χ3v) is 3.63. The number of nitrogens with zero attached hydrogens (tertiary/aromatic N) is 2. The number of esters is 1. The summed E-state index contributed by atoms with van der Waals surface area (Å²) in [5.41, 5.74) is 0.660. The number of ether oxygens (including phenoxy) is 1. The van der Waals surface area contributed by atoms with Crippen molar-refractivity contribution in [1.29, 1.82) is 0 Å². The lowest BCUT2D eigenvalue weighted by molar-refractivity contribution is -0.128. The molecule has 0 aliphatic carbocycles. The standard InChI is InChI=1S/C14H9ClN2O2S/c15-13-11(17-8-9-20-14(17)16-13)6-7-12(18)19-10-4-2-1-3-5-10/h1-9H/b7-6+. The van der Waals surface area contributed by atoms with E-state index in [1.54, 1.807) is 30.3 Å². The summed E-state index contributed by atoms with van der Waals surface area (Å²) in [5.74, 6) is 0.0413. The smallest absolute Gasteiger partial charge is 0.336 e. The second-order valence-electron chi connectivity index (χ2n) is 3.91. The first kappa shape index (κ1) is 12.9. The molecule has 0 unspecified atom stereocenters. The summed E-state index contributed by atoms with van der Waals surface area (Å²) in [6.45, 7) is 0. The second kappa shape index (κ2) is 5.48. The van der Waals surface area contributed by atoms with Gasteiger partial charge in [-0.15, -0.1) is 11.3 Å². The molecule has 6 heteroatoms. The Hall–Kier alpha value is -2.11. The molecule has 4 nitrogen and oxygen atoms in total. The predicted molar refractivity (Wildman–Crippen MR) is 79.2 cm³/mol. The number of para-hydroxylation sites is 1. The summed E-state index contributed by atoms with van der Waals surface area (Å²) in [6, 6.07) is 8.89. The van der Waals surface area contributed by atoms with E-state index in [0.717, 1.165) is 4.96 Å². The molecular formula is C14H9ClN2O2S. The Morgan fingerprint density at radius 3 is 2.95 bits per heavy atom. The minimum atomic E-state index is -0.461.